The van der Waals surface area contributed by atoms with E-state index in [0.717, 1.165) is 5.69 Å². The first-order valence-electron chi connectivity index (χ1n) is 8.58. The number of aromatic nitrogens is 4. The molecule has 2 heterocycles. The van der Waals surface area contributed by atoms with Crippen LogP contribution in [0.2, 0.25) is 0 Å². The Morgan fingerprint density at radius 1 is 1.15 bits per heavy atom. The van der Waals surface area contributed by atoms with Crippen LogP contribution in [0, 0.1) is 0 Å². The first kappa shape index (κ1) is 17.8. The second-order valence-electron chi connectivity index (χ2n) is 7.26. The van der Waals surface area contributed by atoms with E-state index in [2.05, 4.69) is 36.3 Å². The number of fused-ring (bicyclic) bond motifs is 1. The molecular formula is C19H23N5O2. The zero-order chi connectivity index (χ0) is 19.1. The summed E-state index contributed by atoms with van der Waals surface area (Å²) in [5.41, 5.74) is 0.781. The van der Waals surface area contributed by atoms with E-state index in [9.17, 15) is 9.59 Å². The Balaban J connectivity index is 2.05. The third-order valence-electron chi connectivity index (χ3n) is 4.27. The number of anilines is 1. The molecule has 136 valence electrons. The number of nitrogens with one attached hydrogen (secondary N) is 1. The first-order chi connectivity index (χ1) is 12.2. The molecule has 0 bridgehead atoms. The van der Waals surface area contributed by atoms with Crippen molar-refractivity contribution in [3.63, 3.8) is 0 Å². The highest BCUT2D eigenvalue weighted by atomic mass is 16.2. The maximum absolute atomic E-state index is 12.9. The van der Waals surface area contributed by atoms with Crippen molar-refractivity contribution in [3.8, 4) is 0 Å². The second kappa shape index (κ2) is 6.40. The SMILES string of the molecule is CCn1nc(C(=O)Nc2cc(C(C)(C)C)nn2C)c2ccccc2c1=O. The predicted molar refractivity (Wildman–Crippen MR) is 102 cm³/mol. The minimum Gasteiger partial charge on any atom is -0.305 e. The summed E-state index contributed by atoms with van der Waals surface area (Å²) >= 11 is 0. The fourth-order valence-electron chi connectivity index (χ4n) is 2.74. The van der Waals surface area contributed by atoms with E-state index in [4.69, 9.17) is 0 Å². The maximum Gasteiger partial charge on any atom is 0.277 e. The molecule has 0 atom stereocenters. The van der Waals surface area contributed by atoms with Gasteiger partial charge in [0.05, 0.1) is 11.1 Å². The van der Waals surface area contributed by atoms with E-state index in [1.165, 1.54) is 4.68 Å². The van der Waals surface area contributed by atoms with Gasteiger partial charge in [-0.15, -0.1) is 0 Å². The molecule has 1 amide bonds. The number of nitrogens with zero attached hydrogens (tertiary/aromatic N) is 4. The van der Waals surface area contributed by atoms with Crippen molar-refractivity contribution < 1.29 is 4.79 Å². The Morgan fingerprint density at radius 2 is 1.81 bits per heavy atom. The molecule has 0 aliphatic rings. The Bertz CT molecular complexity index is 1040. The van der Waals surface area contributed by atoms with E-state index in [1.54, 1.807) is 36.0 Å². The van der Waals surface area contributed by atoms with Crippen LogP contribution in [-0.4, -0.2) is 25.5 Å². The van der Waals surface area contributed by atoms with Crippen molar-refractivity contribution in [2.24, 2.45) is 7.05 Å². The fourth-order valence-corrected chi connectivity index (χ4v) is 2.74. The van der Waals surface area contributed by atoms with Gasteiger partial charge in [-0.25, -0.2) is 4.68 Å². The highest BCUT2D eigenvalue weighted by molar-refractivity contribution is 6.10. The Hall–Kier alpha value is -2.96. The molecule has 0 aliphatic heterocycles. The second-order valence-corrected chi connectivity index (χ2v) is 7.26. The molecule has 0 unspecified atom stereocenters. The smallest absolute Gasteiger partial charge is 0.277 e. The topological polar surface area (TPSA) is 81.8 Å². The summed E-state index contributed by atoms with van der Waals surface area (Å²) in [6, 6.07) is 8.88. The Morgan fingerprint density at radius 3 is 2.38 bits per heavy atom. The third kappa shape index (κ3) is 3.12. The zero-order valence-corrected chi connectivity index (χ0v) is 15.7. The van der Waals surface area contributed by atoms with Gasteiger partial charge in [0.1, 0.15) is 5.82 Å². The van der Waals surface area contributed by atoms with Crippen molar-refractivity contribution in [1.82, 2.24) is 19.6 Å². The van der Waals surface area contributed by atoms with Crippen LogP contribution < -0.4 is 10.9 Å². The van der Waals surface area contributed by atoms with Crippen LogP contribution in [0.15, 0.2) is 35.1 Å². The molecule has 7 nitrogen and oxygen atoms in total. The lowest BCUT2D eigenvalue weighted by molar-refractivity contribution is 0.102. The number of hydrogen-bond donors (Lipinski definition) is 1. The molecule has 0 aliphatic carbocycles. The lowest BCUT2D eigenvalue weighted by Gasteiger charge is -2.13. The van der Waals surface area contributed by atoms with Gasteiger partial charge in [-0.2, -0.15) is 10.2 Å². The molecule has 0 spiro atoms. The lowest BCUT2D eigenvalue weighted by Crippen LogP contribution is -2.27. The lowest BCUT2D eigenvalue weighted by atomic mass is 9.92. The molecule has 0 saturated carbocycles. The number of carbonyl (C=O) groups is 1. The molecule has 7 heteroatoms. The Kier molecular flexibility index (Phi) is 4.39. The van der Waals surface area contributed by atoms with Crippen LogP contribution in [0.4, 0.5) is 5.82 Å². The van der Waals surface area contributed by atoms with E-state index >= 15 is 0 Å². The zero-order valence-electron chi connectivity index (χ0n) is 15.7. The standard InChI is InChI=1S/C19H23N5O2/c1-6-24-18(26)13-10-8-7-9-12(13)16(22-24)17(25)20-15-11-14(19(2,3)4)21-23(15)5/h7-11H,6H2,1-5H3,(H,20,25). The summed E-state index contributed by atoms with van der Waals surface area (Å²) in [5.74, 6) is 0.215. The fraction of sp³-hybridized carbons (Fsp3) is 0.368. The third-order valence-corrected chi connectivity index (χ3v) is 4.27. The molecule has 3 aromatic rings. The minimum absolute atomic E-state index is 0.124. The molecule has 2 aromatic heterocycles. The molecule has 0 radical (unpaired) electrons. The quantitative estimate of drug-likeness (QED) is 0.785. The van der Waals surface area contributed by atoms with Crippen LogP contribution in [0.1, 0.15) is 43.9 Å². The van der Waals surface area contributed by atoms with Crippen molar-refractivity contribution in [2.75, 3.05) is 5.32 Å². The summed E-state index contributed by atoms with van der Waals surface area (Å²) in [5, 5.41) is 12.6. The van der Waals surface area contributed by atoms with Gasteiger partial charge in [0.2, 0.25) is 0 Å². The van der Waals surface area contributed by atoms with E-state index in [-0.39, 0.29) is 22.6 Å². The van der Waals surface area contributed by atoms with Gasteiger partial charge in [-0.05, 0) is 13.0 Å². The van der Waals surface area contributed by atoms with Gasteiger partial charge in [0.25, 0.3) is 11.5 Å². The van der Waals surface area contributed by atoms with Crippen molar-refractivity contribution in [1.29, 1.82) is 0 Å². The molecule has 26 heavy (non-hydrogen) atoms. The molecule has 1 N–H and O–H groups in total. The molecule has 0 fully saturated rings. The number of aryl methyl sites for hydroxylation is 2. The normalized spacial score (nSPS) is 11.7. The Labute approximate surface area is 151 Å². The summed E-state index contributed by atoms with van der Waals surface area (Å²) in [6.07, 6.45) is 0. The number of amides is 1. The van der Waals surface area contributed by atoms with Crippen molar-refractivity contribution in [2.45, 2.75) is 39.7 Å². The number of rotatable bonds is 3. The number of benzene rings is 1. The summed E-state index contributed by atoms with van der Waals surface area (Å²) in [6.45, 7) is 8.40. The summed E-state index contributed by atoms with van der Waals surface area (Å²) < 4.78 is 2.94. The average molecular weight is 353 g/mol. The summed E-state index contributed by atoms with van der Waals surface area (Å²) in [7, 11) is 1.78. The predicted octanol–water partition coefficient (Wildman–Crippen LogP) is 2.70. The van der Waals surface area contributed by atoms with Gasteiger partial charge >= 0.3 is 0 Å². The number of hydrogen-bond acceptors (Lipinski definition) is 4. The van der Waals surface area contributed by atoms with Gasteiger partial charge in [0.15, 0.2) is 5.69 Å². The molecule has 3 rings (SSSR count). The highest BCUT2D eigenvalue weighted by Crippen LogP contribution is 2.24. The van der Waals surface area contributed by atoms with Crippen LogP contribution in [-0.2, 0) is 19.0 Å². The molecular weight excluding hydrogens is 330 g/mol. The van der Waals surface area contributed by atoms with E-state index in [0.29, 0.717) is 23.1 Å². The average Bonchev–Trinajstić information content (AvgIpc) is 2.96. The van der Waals surface area contributed by atoms with E-state index < -0.39 is 0 Å². The monoisotopic (exact) mass is 353 g/mol. The van der Waals surface area contributed by atoms with Gasteiger partial charge in [0, 0.05) is 30.5 Å². The minimum atomic E-state index is -0.369. The first-order valence-corrected chi connectivity index (χ1v) is 8.58. The summed E-state index contributed by atoms with van der Waals surface area (Å²) in [4.78, 5) is 25.3. The van der Waals surface area contributed by atoms with Gasteiger partial charge < -0.3 is 5.32 Å². The highest BCUT2D eigenvalue weighted by Gasteiger charge is 2.21. The van der Waals surface area contributed by atoms with Crippen LogP contribution in [0.5, 0.6) is 0 Å². The van der Waals surface area contributed by atoms with Crippen molar-refractivity contribution >= 4 is 22.5 Å². The van der Waals surface area contributed by atoms with E-state index in [1.807, 2.05) is 13.0 Å². The van der Waals surface area contributed by atoms with Crippen LogP contribution in [0.25, 0.3) is 10.8 Å². The maximum atomic E-state index is 12.9. The number of carbonyl (C=O) groups excluding carboxylic acids is 1. The van der Waals surface area contributed by atoms with Crippen LogP contribution in [0.3, 0.4) is 0 Å². The van der Waals surface area contributed by atoms with Gasteiger partial charge in [-0.1, -0.05) is 39.0 Å². The van der Waals surface area contributed by atoms with Gasteiger partial charge in [-0.3, -0.25) is 14.3 Å². The van der Waals surface area contributed by atoms with Crippen molar-refractivity contribution in [3.05, 3.63) is 52.1 Å². The molecule has 0 saturated heterocycles. The van der Waals surface area contributed by atoms with Crippen LogP contribution >= 0.6 is 0 Å². The molecule has 1 aromatic carbocycles. The largest absolute Gasteiger partial charge is 0.305 e.